The van der Waals surface area contributed by atoms with Crippen molar-refractivity contribution in [3.8, 4) is 5.75 Å². The van der Waals surface area contributed by atoms with E-state index in [1.165, 1.54) is 5.56 Å². The smallest absolute Gasteiger partial charge is 0.223 e. The monoisotopic (exact) mass is 360 g/mol. The largest absolute Gasteiger partial charge is 0.497 e. The third-order valence-electron chi connectivity index (χ3n) is 5.10. The summed E-state index contributed by atoms with van der Waals surface area (Å²) in [6.07, 6.45) is 4.87. The number of nitrogens with zero attached hydrogens (tertiary/aromatic N) is 1. The number of hydrogen-bond acceptors (Lipinski definition) is 3. The standard InChI is InChI=1S/C21H32N2O3/c1-4-5-20(24)23-14-12-18(13-15-23)21(25)22-16(2)6-7-17-8-10-19(26-3)11-9-17/h8-11,16,18H,4-7,12-15H2,1-3H3,(H,22,25). The third-order valence-corrected chi connectivity index (χ3v) is 5.10. The normalized spacial score (nSPS) is 16.2. The SMILES string of the molecule is CCCC(=O)N1CCC(C(=O)NC(C)CCc2ccc(OC)cc2)CC1. The second-order valence-electron chi connectivity index (χ2n) is 7.20. The van der Waals surface area contributed by atoms with Crippen molar-refractivity contribution in [2.24, 2.45) is 5.92 Å². The van der Waals surface area contributed by atoms with Crippen LogP contribution in [-0.4, -0.2) is 43.0 Å². The molecule has 0 spiro atoms. The van der Waals surface area contributed by atoms with E-state index in [0.717, 1.165) is 37.9 Å². The van der Waals surface area contributed by atoms with Gasteiger partial charge < -0.3 is 15.0 Å². The minimum atomic E-state index is 0.0316. The van der Waals surface area contributed by atoms with Crippen LogP contribution in [0.15, 0.2) is 24.3 Å². The molecule has 0 radical (unpaired) electrons. The van der Waals surface area contributed by atoms with Gasteiger partial charge in [0.25, 0.3) is 0 Å². The van der Waals surface area contributed by atoms with E-state index in [1.54, 1.807) is 7.11 Å². The number of piperidine rings is 1. The molecule has 1 N–H and O–H groups in total. The lowest BCUT2D eigenvalue weighted by Crippen LogP contribution is -2.44. The van der Waals surface area contributed by atoms with E-state index in [0.29, 0.717) is 19.5 Å². The Balaban J connectivity index is 1.71. The molecular weight excluding hydrogens is 328 g/mol. The lowest BCUT2D eigenvalue weighted by atomic mass is 9.95. The molecule has 1 heterocycles. The van der Waals surface area contributed by atoms with Gasteiger partial charge in [0, 0.05) is 31.5 Å². The Bertz CT molecular complexity index is 577. The van der Waals surface area contributed by atoms with Crippen molar-refractivity contribution in [2.75, 3.05) is 20.2 Å². The number of carbonyl (C=O) groups is 2. The van der Waals surface area contributed by atoms with Gasteiger partial charge in [0.05, 0.1) is 7.11 Å². The molecule has 2 rings (SSSR count). The van der Waals surface area contributed by atoms with Crippen LogP contribution in [-0.2, 0) is 16.0 Å². The quantitative estimate of drug-likeness (QED) is 0.775. The molecule has 1 aliphatic rings. The molecule has 5 nitrogen and oxygen atoms in total. The summed E-state index contributed by atoms with van der Waals surface area (Å²) in [6.45, 7) is 5.49. The van der Waals surface area contributed by atoms with E-state index in [1.807, 2.05) is 24.0 Å². The molecule has 0 bridgehead atoms. The minimum absolute atomic E-state index is 0.0316. The lowest BCUT2D eigenvalue weighted by molar-refractivity contribution is -0.135. The Morgan fingerprint density at radius 2 is 1.88 bits per heavy atom. The van der Waals surface area contributed by atoms with Gasteiger partial charge in [-0.25, -0.2) is 0 Å². The van der Waals surface area contributed by atoms with Crippen molar-refractivity contribution < 1.29 is 14.3 Å². The molecule has 1 aliphatic heterocycles. The van der Waals surface area contributed by atoms with E-state index in [9.17, 15) is 9.59 Å². The summed E-state index contributed by atoms with van der Waals surface area (Å²) >= 11 is 0. The van der Waals surface area contributed by atoms with Crippen LogP contribution in [0.1, 0.15) is 51.5 Å². The Morgan fingerprint density at radius 3 is 2.46 bits per heavy atom. The number of carbonyl (C=O) groups excluding carboxylic acids is 2. The van der Waals surface area contributed by atoms with Gasteiger partial charge in [-0.3, -0.25) is 9.59 Å². The number of methoxy groups -OCH3 is 1. The number of amides is 2. The highest BCUT2D eigenvalue weighted by atomic mass is 16.5. The van der Waals surface area contributed by atoms with Gasteiger partial charge in [-0.15, -0.1) is 0 Å². The van der Waals surface area contributed by atoms with Gasteiger partial charge in [-0.1, -0.05) is 19.1 Å². The summed E-state index contributed by atoms with van der Waals surface area (Å²) < 4.78 is 5.17. The first-order valence-corrected chi connectivity index (χ1v) is 9.74. The number of ether oxygens (including phenoxy) is 1. The van der Waals surface area contributed by atoms with Gasteiger partial charge in [0.1, 0.15) is 5.75 Å². The fourth-order valence-electron chi connectivity index (χ4n) is 3.37. The molecule has 1 aromatic carbocycles. The second kappa shape index (κ2) is 10.2. The Hall–Kier alpha value is -2.04. The maximum Gasteiger partial charge on any atom is 0.223 e. The molecule has 5 heteroatoms. The lowest BCUT2D eigenvalue weighted by Gasteiger charge is -2.32. The highest BCUT2D eigenvalue weighted by Crippen LogP contribution is 2.19. The molecule has 1 unspecified atom stereocenters. The van der Waals surface area contributed by atoms with Gasteiger partial charge in [-0.05, 0) is 56.7 Å². The van der Waals surface area contributed by atoms with Crippen molar-refractivity contribution in [1.82, 2.24) is 10.2 Å². The van der Waals surface area contributed by atoms with Crippen molar-refractivity contribution >= 4 is 11.8 Å². The maximum absolute atomic E-state index is 12.5. The summed E-state index contributed by atoms with van der Waals surface area (Å²) in [5.74, 6) is 1.25. The molecule has 0 aromatic heterocycles. The summed E-state index contributed by atoms with van der Waals surface area (Å²) in [7, 11) is 1.66. The zero-order valence-corrected chi connectivity index (χ0v) is 16.3. The summed E-state index contributed by atoms with van der Waals surface area (Å²) in [4.78, 5) is 26.3. The second-order valence-corrected chi connectivity index (χ2v) is 7.20. The summed E-state index contributed by atoms with van der Waals surface area (Å²) in [5, 5.41) is 3.14. The van der Waals surface area contributed by atoms with E-state index < -0.39 is 0 Å². The first-order chi connectivity index (χ1) is 12.5. The average molecular weight is 360 g/mol. The molecule has 1 saturated heterocycles. The van der Waals surface area contributed by atoms with Crippen LogP contribution in [0, 0.1) is 5.92 Å². The molecule has 2 amide bonds. The third kappa shape index (κ3) is 6.04. The minimum Gasteiger partial charge on any atom is -0.497 e. The molecule has 1 atom stereocenters. The zero-order chi connectivity index (χ0) is 18.9. The highest BCUT2D eigenvalue weighted by molar-refractivity contribution is 5.80. The van der Waals surface area contributed by atoms with Crippen LogP contribution >= 0.6 is 0 Å². The topological polar surface area (TPSA) is 58.6 Å². The Kier molecular flexibility index (Phi) is 7.95. The molecular formula is C21H32N2O3. The van der Waals surface area contributed by atoms with E-state index in [2.05, 4.69) is 24.4 Å². The van der Waals surface area contributed by atoms with Gasteiger partial charge in [-0.2, -0.15) is 0 Å². The van der Waals surface area contributed by atoms with E-state index in [4.69, 9.17) is 4.74 Å². The van der Waals surface area contributed by atoms with Crippen molar-refractivity contribution in [2.45, 2.75) is 58.4 Å². The maximum atomic E-state index is 12.5. The number of hydrogen-bond donors (Lipinski definition) is 1. The van der Waals surface area contributed by atoms with E-state index in [-0.39, 0.29) is 23.8 Å². The number of nitrogens with one attached hydrogen (secondary N) is 1. The van der Waals surface area contributed by atoms with Crippen molar-refractivity contribution in [1.29, 1.82) is 0 Å². The summed E-state index contributed by atoms with van der Waals surface area (Å²) in [6, 6.07) is 8.20. The predicted molar refractivity (Wildman–Crippen MR) is 103 cm³/mol. The van der Waals surface area contributed by atoms with Crippen molar-refractivity contribution in [3.05, 3.63) is 29.8 Å². The van der Waals surface area contributed by atoms with E-state index >= 15 is 0 Å². The molecule has 1 fully saturated rings. The van der Waals surface area contributed by atoms with Crippen LogP contribution in [0.5, 0.6) is 5.75 Å². The van der Waals surface area contributed by atoms with Crippen LogP contribution in [0.3, 0.4) is 0 Å². The number of likely N-dealkylation sites (tertiary alicyclic amines) is 1. The van der Waals surface area contributed by atoms with Crippen molar-refractivity contribution in [3.63, 3.8) is 0 Å². The molecule has 0 aliphatic carbocycles. The number of rotatable bonds is 8. The first-order valence-electron chi connectivity index (χ1n) is 9.74. The summed E-state index contributed by atoms with van der Waals surface area (Å²) in [5.41, 5.74) is 1.25. The Labute approximate surface area is 157 Å². The first kappa shape index (κ1) is 20.3. The Morgan fingerprint density at radius 1 is 1.23 bits per heavy atom. The fourth-order valence-corrected chi connectivity index (χ4v) is 3.37. The van der Waals surface area contributed by atoms with Gasteiger partial charge >= 0.3 is 0 Å². The van der Waals surface area contributed by atoms with Crippen LogP contribution in [0.2, 0.25) is 0 Å². The van der Waals surface area contributed by atoms with Crippen LogP contribution in [0.25, 0.3) is 0 Å². The average Bonchev–Trinajstić information content (AvgIpc) is 2.67. The highest BCUT2D eigenvalue weighted by Gasteiger charge is 2.27. The molecule has 0 saturated carbocycles. The molecule has 1 aromatic rings. The van der Waals surface area contributed by atoms with Gasteiger partial charge in [0.15, 0.2) is 0 Å². The fraction of sp³-hybridized carbons (Fsp3) is 0.619. The number of aryl methyl sites for hydroxylation is 1. The molecule has 26 heavy (non-hydrogen) atoms. The van der Waals surface area contributed by atoms with Crippen LogP contribution < -0.4 is 10.1 Å². The van der Waals surface area contributed by atoms with Crippen LogP contribution in [0.4, 0.5) is 0 Å². The predicted octanol–water partition coefficient (Wildman–Crippen LogP) is 3.17. The zero-order valence-electron chi connectivity index (χ0n) is 16.3. The number of benzene rings is 1. The molecule has 144 valence electrons. The van der Waals surface area contributed by atoms with Gasteiger partial charge in [0.2, 0.25) is 11.8 Å².